The van der Waals surface area contributed by atoms with Crippen molar-refractivity contribution in [2.45, 2.75) is 16.4 Å². The van der Waals surface area contributed by atoms with E-state index in [9.17, 15) is 13.2 Å². The van der Waals surface area contributed by atoms with Crippen molar-refractivity contribution < 1.29 is 17.6 Å². The van der Waals surface area contributed by atoms with Gasteiger partial charge in [0.2, 0.25) is 0 Å². The van der Waals surface area contributed by atoms with Crippen LogP contribution in [0.25, 0.3) is 11.1 Å². The topological polar surface area (TPSA) is 64.9 Å². The molecule has 0 aliphatic heterocycles. The highest BCUT2D eigenvalue weighted by Crippen LogP contribution is 2.33. The van der Waals surface area contributed by atoms with E-state index >= 15 is 0 Å². The monoisotopic (exact) mass is 311 g/mol. The first-order valence-electron chi connectivity index (χ1n) is 5.79. The molecule has 0 saturated carbocycles. The molecule has 8 heteroatoms. The van der Waals surface area contributed by atoms with Gasteiger partial charge in [-0.15, -0.1) is 0 Å². The van der Waals surface area contributed by atoms with Crippen molar-refractivity contribution in [3.63, 3.8) is 0 Å². The average Bonchev–Trinajstić information content (AvgIpc) is 2.82. The summed E-state index contributed by atoms with van der Waals surface area (Å²) >= 11 is 1.03. The summed E-state index contributed by atoms with van der Waals surface area (Å²) in [4.78, 5) is 7.93. The molecule has 0 aliphatic rings. The second-order valence-corrected chi connectivity index (χ2v) is 5.13. The molecule has 0 unspecified atom stereocenters. The highest BCUT2D eigenvalue weighted by molar-refractivity contribution is 7.99. The number of rotatable bonds is 2. The number of alkyl halides is 3. The number of oxazole rings is 1. The van der Waals surface area contributed by atoms with Crippen LogP contribution in [0.15, 0.2) is 51.2 Å². The van der Waals surface area contributed by atoms with Gasteiger partial charge in [-0.2, -0.15) is 13.2 Å². The maximum Gasteiger partial charge on any atom is 0.417 e. The summed E-state index contributed by atoms with van der Waals surface area (Å²) < 4.78 is 42.8. The van der Waals surface area contributed by atoms with Gasteiger partial charge in [0.05, 0.1) is 11.3 Å². The first kappa shape index (κ1) is 13.7. The molecule has 0 saturated heterocycles. The van der Waals surface area contributed by atoms with E-state index in [0.29, 0.717) is 21.8 Å². The lowest BCUT2D eigenvalue weighted by Gasteiger charge is -2.05. The minimum atomic E-state index is -4.40. The second-order valence-electron chi connectivity index (χ2n) is 4.16. The van der Waals surface area contributed by atoms with Crippen LogP contribution in [0.4, 0.5) is 18.9 Å². The quantitative estimate of drug-likeness (QED) is 0.725. The Morgan fingerprint density at radius 1 is 1.14 bits per heavy atom. The molecule has 3 aromatic rings. The van der Waals surface area contributed by atoms with Crippen molar-refractivity contribution in [1.82, 2.24) is 9.97 Å². The predicted molar refractivity (Wildman–Crippen MR) is 71.8 cm³/mol. The molecule has 0 fully saturated rings. The highest BCUT2D eigenvalue weighted by atomic mass is 32.2. The summed E-state index contributed by atoms with van der Waals surface area (Å²) in [6, 6.07) is 7.37. The van der Waals surface area contributed by atoms with Gasteiger partial charge in [-0.05, 0) is 36.0 Å². The summed E-state index contributed by atoms with van der Waals surface area (Å²) in [5.74, 6) is 0. The Labute approximate surface area is 121 Å². The van der Waals surface area contributed by atoms with Crippen LogP contribution in [0.3, 0.4) is 0 Å². The Morgan fingerprint density at radius 2 is 1.95 bits per heavy atom. The molecule has 0 spiro atoms. The van der Waals surface area contributed by atoms with E-state index in [1.54, 1.807) is 18.2 Å². The summed E-state index contributed by atoms with van der Waals surface area (Å²) in [6.45, 7) is 0. The van der Waals surface area contributed by atoms with Crippen molar-refractivity contribution >= 4 is 28.5 Å². The van der Waals surface area contributed by atoms with Crippen molar-refractivity contribution in [3.05, 3.63) is 42.1 Å². The molecule has 108 valence electrons. The van der Waals surface area contributed by atoms with E-state index in [1.165, 1.54) is 6.07 Å². The fourth-order valence-electron chi connectivity index (χ4n) is 1.69. The van der Waals surface area contributed by atoms with Gasteiger partial charge in [-0.25, -0.2) is 9.97 Å². The molecule has 1 aromatic carbocycles. The van der Waals surface area contributed by atoms with Crippen molar-refractivity contribution in [2.75, 3.05) is 5.73 Å². The predicted octanol–water partition coefficient (Wildman–Crippen LogP) is 3.98. The van der Waals surface area contributed by atoms with E-state index in [2.05, 4.69) is 9.97 Å². The van der Waals surface area contributed by atoms with Crippen molar-refractivity contribution in [2.24, 2.45) is 0 Å². The SMILES string of the molecule is Nc1cccc2oc(Sc3ccc(C(F)(F)F)cn3)nc12. The van der Waals surface area contributed by atoms with Crippen molar-refractivity contribution in [1.29, 1.82) is 0 Å². The Balaban J connectivity index is 1.87. The number of para-hydroxylation sites is 1. The minimum Gasteiger partial charge on any atom is -0.431 e. The molecule has 0 atom stereocenters. The van der Waals surface area contributed by atoms with Crippen molar-refractivity contribution in [3.8, 4) is 0 Å². The zero-order valence-corrected chi connectivity index (χ0v) is 11.2. The average molecular weight is 311 g/mol. The number of halogens is 3. The largest absolute Gasteiger partial charge is 0.431 e. The first-order valence-corrected chi connectivity index (χ1v) is 6.61. The molecule has 21 heavy (non-hydrogen) atoms. The number of nitrogens with zero attached hydrogens (tertiary/aromatic N) is 2. The number of nitrogen functional groups attached to an aromatic ring is 1. The van der Waals surface area contributed by atoms with E-state index in [1.807, 2.05) is 0 Å². The van der Waals surface area contributed by atoms with Crippen LogP contribution < -0.4 is 5.73 Å². The van der Waals surface area contributed by atoms with E-state index < -0.39 is 11.7 Å². The third kappa shape index (κ3) is 2.80. The van der Waals surface area contributed by atoms with Crippen LogP contribution in [0, 0.1) is 0 Å². The van der Waals surface area contributed by atoms with E-state index in [0.717, 1.165) is 24.0 Å². The van der Waals surface area contributed by atoms with E-state index in [-0.39, 0.29) is 5.22 Å². The lowest BCUT2D eigenvalue weighted by molar-refractivity contribution is -0.137. The highest BCUT2D eigenvalue weighted by Gasteiger charge is 2.30. The lowest BCUT2D eigenvalue weighted by Crippen LogP contribution is -2.04. The van der Waals surface area contributed by atoms with Gasteiger partial charge in [-0.1, -0.05) is 6.07 Å². The van der Waals surface area contributed by atoms with Gasteiger partial charge in [0, 0.05) is 6.20 Å². The maximum atomic E-state index is 12.4. The lowest BCUT2D eigenvalue weighted by atomic mass is 10.3. The van der Waals surface area contributed by atoms with Crippen LogP contribution in [-0.4, -0.2) is 9.97 Å². The molecule has 0 bridgehead atoms. The normalized spacial score (nSPS) is 12.0. The Kier molecular flexibility index (Phi) is 3.25. The third-order valence-electron chi connectivity index (χ3n) is 2.69. The molecule has 4 nitrogen and oxygen atoms in total. The summed E-state index contributed by atoms with van der Waals surface area (Å²) in [7, 11) is 0. The molecule has 0 amide bonds. The molecular weight excluding hydrogens is 303 g/mol. The number of hydrogen-bond acceptors (Lipinski definition) is 5. The number of fused-ring (bicyclic) bond motifs is 1. The number of hydrogen-bond donors (Lipinski definition) is 1. The number of nitrogens with two attached hydrogens (primary N) is 1. The fourth-order valence-corrected chi connectivity index (χ4v) is 2.38. The third-order valence-corrected chi connectivity index (χ3v) is 3.49. The fraction of sp³-hybridized carbons (Fsp3) is 0.0769. The molecule has 2 N–H and O–H groups in total. The summed E-state index contributed by atoms with van der Waals surface area (Å²) in [6.07, 6.45) is -3.62. The molecule has 2 heterocycles. The molecule has 0 radical (unpaired) electrons. The standard InChI is InChI=1S/C13H8F3N3OS/c14-13(15,16)7-4-5-10(18-6-7)21-12-19-11-8(17)2-1-3-9(11)20-12/h1-6H,17H2. The van der Waals surface area contributed by atoms with Gasteiger partial charge in [0.25, 0.3) is 5.22 Å². The number of aromatic nitrogens is 2. The van der Waals surface area contributed by atoms with Gasteiger partial charge in [0.1, 0.15) is 10.5 Å². The van der Waals surface area contributed by atoms with E-state index in [4.69, 9.17) is 10.2 Å². The summed E-state index contributed by atoms with van der Waals surface area (Å²) in [5, 5.41) is 0.628. The van der Waals surface area contributed by atoms with Gasteiger partial charge in [-0.3, -0.25) is 0 Å². The maximum absolute atomic E-state index is 12.4. The van der Waals surface area contributed by atoms with Gasteiger partial charge in [0.15, 0.2) is 5.58 Å². The molecular formula is C13H8F3N3OS. The molecule has 3 rings (SSSR count). The van der Waals surface area contributed by atoms with Gasteiger partial charge >= 0.3 is 6.18 Å². The number of pyridine rings is 1. The van der Waals surface area contributed by atoms with Crippen LogP contribution >= 0.6 is 11.8 Å². The van der Waals surface area contributed by atoms with Crippen LogP contribution in [0.1, 0.15) is 5.56 Å². The zero-order chi connectivity index (χ0) is 15.0. The Bertz CT molecular complexity index is 783. The number of benzene rings is 1. The Hall–Kier alpha value is -2.22. The summed E-state index contributed by atoms with van der Waals surface area (Å²) in [5.41, 5.74) is 6.47. The Morgan fingerprint density at radius 3 is 2.57 bits per heavy atom. The smallest absolute Gasteiger partial charge is 0.417 e. The first-order chi connectivity index (χ1) is 9.93. The van der Waals surface area contributed by atoms with Gasteiger partial charge < -0.3 is 10.2 Å². The van der Waals surface area contributed by atoms with Crippen LogP contribution in [0.5, 0.6) is 0 Å². The van der Waals surface area contributed by atoms with Crippen LogP contribution in [0.2, 0.25) is 0 Å². The molecule has 0 aliphatic carbocycles. The molecule has 2 aromatic heterocycles. The zero-order valence-electron chi connectivity index (χ0n) is 10.4. The number of anilines is 1. The second kappa shape index (κ2) is 4.96. The van der Waals surface area contributed by atoms with Crippen LogP contribution in [-0.2, 0) is 6.18 Å². The minimum absolute atomic E-state index is 0.273.